The summed E-state index contributed by atoms with van der Waals surface area (Å²) < 4.78 is 12.1. The van der Waals surface area contributed by atoms with Gasteiger partial charge in [0.15, 0.2) is 0 Å². The number of hydrogen-bond donors (Lipinski definition) is 0. The second-order valence-corrected chi connectivity index (χ2v) is 8.09. The van der Waals surface area contributed by atoms with E-state index in [4.69, 9.17) is 9.47 Å². The van der Waals surface area contributed by atoms with Crippen molar-refractivity contribution >= 4 is 17.2 Å². The summed E-state index contributed by atoms with van der Waals surface area (Å²) in [5.41, 5.74) is 0.816. The molecule has 2 saturated heterocycles. The third-order valence-corrected chi connectivity index (χ3v) is 6.17. The molecule has 5 heteroatoms. The molecule has 23 heavy (non-hydrogen) atoms. The summed E-state index contributed by atoms with van der Waals surface area (Å²) >= 11 is 1.58. The van der Waals surface area contributed by atoms with Crippen molar-refractivity contribution in [1.29, 1.82) is 0 Å². The van der Waals surface area contributed by atoms with E-state index in [2.05, 4.69) is 0 Å². The standard InChI is InChI=1S/C18H25NO3S/c20-17(15-5-9-23-11-15)19-7-4-16-18(12-19,6-1-8-22-16)13-21-10-14-2-3-14/h5,9,11,14,16H,1-4,6-8,10,12-13H2/t16-,18-/m0/s1. The van der Waals surface area contributed by atoms with Gasteiger partial charge in [-0.3, -0.25) is 4.79 Å². The average Bonchev–Trinajstić information content (AvgIpc) is 3.24. The third-order valence-electron chi connectivity index (χ3n) is 5.48. The first-order valence-electron chi connectivity index (χ1n) is 8.78. The van der Waals surface area contributed by atoms with Crippen LogP contribution in [0, 0.1) is 11.3 Å². The van der Waals surface area contributed by atoms with Crippen LogP contribution < -0.4 is 0 Å². The summed E-state index contributed by atoms with van der Waals surface area (Å²) in [6.07, 6.45) is 6.00. The van der Waals surface area contributed by atoms with E-state index >= 15 is 0 Å². The molecule has 126 valence electrons. The number of amides is 1. The molecule has 3 heterocycles. The molecule has 0 spiro atoms. The maximum absolute atomic E-state index is 12.7. The monoisotopic (exact) mass is 335 g/mol. The number of rotatable bonds is 5. The number of nitrogens with zero attached hydrogens (tertiary/aromatic N) is 1. The molecule has 3 aliphatic rings. The van der Waals surface area contributed by atoms with E-state index < -0.39 is 0 Å². The highest BCUT2D eigenvalue weighted by Gasteiger charge is 2.47. The minimum absolute atomic E-state index is 0.00291. The second-order valence-electron chi connectivity index (χ2n) is 7.31. The first kappa shape index (κ1) is 15.6. The Morgan fingerprint density at radius 2 is 2.35 bits per heavy atom. The highest BCUT2D eigenvalue weighted by atomic mass is 32.1. The number of ether oxygens (including phenoxy) is 2. The Hall–Kier alpha value is -0.910. The molecule has 4 rings (SSSR count). The number of likely N-dealkylation sites (tertiary alicyclic amines) is 1. The van der Waals surface area contributed by atoms with Gasteiger partial charge in [0.25, 0.3) is 5.91 Å². The molecular weight excluding hydrogens is 310 g/mol. The molecule has 2 atom stereocenters. The van der Waals surface area contributed by atoms with E-state index in [0.29, 0.717) is 0 Å². The number of fused-ring (bicyclic) bond motifs is 1. The van der Waals surface area contributed by atoms with Gasteiger partial charge < -0.3 is 14.4 Å². The minimum Gasteiger partial charge on any atom is -0.380 e. The zero-order valence-corrected chi connectivity index (χ0v) is 14.4. The summed E-state index contributed by atoms with van der Waals surface area (Å²) in [5, 5.41) is 3.92. The lowest BCUT2D eigenvalue weighted by Gasteiger charge is -2.50. The fourth-order valence-electron chi connectivity index (χ4n) is 3.96. The van der Waals surface area contributed by atoms with E-state index in [0.717, 1.165) is 63.7 Å². The maximum atomic E-state index is 12.7. The molecule has 1 aromatic heterocycles. The molecular formula is C18H25NO3S. The summed E-state index contributed by atoms with van der Waals surface area (Å²) in [6.45, 7) is 4.04. The largest absolute Gasteiger partial charge is 0.380 e. The van der Waals surface area contributed by atoms with Gasteiger partial charge in [0.1, 0.15) is 0 Å². The zero-order valence-electron chi connectivity index (χ0n) is 13.5. The number of hydrogen-bond acceptors (Lipinski definition) is 4. The fourth-order valence-corrected chi connectivity index (χ4v) is 4.59. The topological polar surface area (TPSA) is 38.8 Å². The van der Waals surface area contributed by atoms with Crippen LogP contribution in [-0.4, -0.2) is 49.8 Å². The van der Waals surface area contributed by atoms with Crippen LogP contribution in [0.25, 0.3) is 0 Å². The number of carbonyl (C=O) groups is 1. The highest BCUT2D eigenvalue weighted by molar-refractivity contribution is 7.08. The summed E-state index contributed by atoms with van der Waals surface area (Å²) in [6, 6.07) is 1.92. The molecule has 1 aliphatic carbocycles. The van der Waals surface area contributed by atoms with Crippen molar-refractivity contribution < 1.29 is 14.3 Å². The average molecular weight is 335 g/mol. The van der Waals surface area contributed by atoms with E-state index in [1.807, 2.05) is 21.7 Å². The molecule has 1 saturated carbocycles. The predicted molar refractivity (Wildman–Crippen MR) is 89.8 cm³/mol. The van der Waals surface area contributed by atoms with E-state index in [-0.39, 0.29) is 17.4 Å². The molecule has 0 bridgehead atoms. The quantitative estimate of drug-likeness (QED) is 0.829. The first-order chi connectivity index (χ1) is 11.3. The molecule has 0 radical (unpaired) electrons. The van der Waals surface area contributed by atoms with Crippen LogP contribution in [0.5, 0.6) is 0 Å². The van der Waals surface area contributed by atoms with Crippen LogP contribution in [0.4, 0.5) is 0 Å². The Kier molecular flexibility index (Phi) is 4.43. The summed E-state index contributed by atoms with van der Waals surface area (Å²) in [7, 11) is 0. The lowest BCUT2D eigenvalue weighted by molar-refractivity contribution is -0.147. The first-order valence-corrected chi connectivity index (χ1v) is 9.72. The molecule has 4 nitrogen and oxygen atoms in total. The van der Waals surface area contributed by atoms with Gasteiger partial charge in [-0.2, -0.15) is 11.3 Å². The van der Waals surface area contributed by atoms with Gasteiger partial charge in [0.2, 0.25) is 0 Å². The SMILES string of the molecule is O=C(c1ccsc1)N1CC[C@@H]2OCCC[C@@]2(COCC2CC2)C1. The van der Waals surface area contributed by atoms with Crippen LogP contribution >= 0.6 is 11.3 Å². The van der Waals surface area contributed by atoms with Crippen molar-refractivity contribution in [2.75, 3.05) is 32.9 Å². The van der Waals surface area contributed by atoms with Crippen molar-refractivity contribution in [2.24, 2.45) is 11.3 Å². The van der Waals surface area contributed by atoms with Crippen molar-refractivity contribution in [2.45, 2.75) is 38.2 Å². The Morgan fingerprint density at radius 3 is 3.13 bits per heavy atom. The smallest absolute Gasteiger partial charge is 0.254 e. The van der Waals surface area contributed by atoms with Crippen LogP contribution in [-0.2, 0) is 9.47 Å². The van der Waals surface area contributed by atoms with Crippen LogP contribution in [0.1, 0.15) is 42.5 Å². The van der Waals surface area contributed by atoms with Crippen molar-refractivity contribution in [1.82, 2.24) is 4.90 Å². The summed E-state index contributed by atoms with van der Waals surface area (Å²) in [5.74, 6) is 0.943. The van der Waals surface area contributed by atoms with Gasteiger partial charge in [-0.25, -0.2) is 0 Å². The Morgan fingerprint density at radius 1 is 1.43 bits per heavy atom. The lowest BCUT2D eigenvalue weighted by atomic mass is 9.73. The summed E-state index contributed by atoms with van der Waals surface area (Å²) in [4.78, 5) is 14.7. The van der Waals surface area contributed by atoms with Gasteiger partial charge in [0.05, 0.1) is 18.3 Å². The van der Waals surface area contributed by atoms with Gasteiger partial charge in [-0.05, 0) is 49.5 Å². The fraction of sp³-hybridized carbons (Fsp3) is 0.722. The van der Waals surface area contributed by atoms with Gasteiger partial charge in [0, 0.05) is 37.1 Å². The molecule has 1 amide bonds. The van der Waals surface area contributed by atoms with Crippen LogP contribution in [0.2, 0.25) is 0 Å². The van der Waals surface area contributed by atoms with E-state index in [9.17, 15) is 4.79 Å². The Bertz CT molecular complexity index is 542. The number of carbonyl (C=O) groups excluding carboxylic acids is 1. The molecule has 1 aromatic rings. The Balaban J connectivity index is 1.46. The van der Waals surface area contributed by atoms with E-state index in [1.165, 1.54) is 12.8 Å². The van der Waals surface area contributed by atoms with Gasteiger partial charge in [-0.15, -0.1) is 0 Å². The molecule has 0 unspecified atom stereocenters. The van der Waals surface area contributed by atoms with Crippen molar-refractivity contribution in [3.05, 3.63) is 22.4 Å². The van der Waals surface area contributed by atoms with Crippen molar-refractivity contribution in [3.8, 4) is 0 Å². The maximum Gasteiger partial charge on any atom is 0.254 e. The van der Waals surface area contributed by atoms with Crippen LogP contribution in [0.3, 0.4) is 0 Å². The highest BCUT2D eigenvalue weighted by Crippen LogP contribution is 2.41. The lowest BCUT2D eigenvalue weighted by Crippen LogP contribution is -2.58. The normalized spacial score (nSPS) is 31.0. The number of thiophene rings is 1. The molecule has 2 aliphatic heterocycles. The van der Waals surface area contributed by atoms with E-state index in [1.54, 1.807) is 11.3 Å². The molecule has 0 N–H and O–H groups in total. The Labute approximate surface area is 141 Å². The van der Waals surface area contributed by atoms with Crippen LogP contribution in [0.15, 0.2) is 16.8 Å². The molecule has 0 aromatic carbocycles. The second kappa shape index (κ2) is 6.54. The van der Waals surface area contributed by atoms with Crippen molar-refractivity contribution in [3.63, 3.8) is 0 Å². The zero-order chi connectivity index (χ0) is 15.7. The van der Waals surface area contributed by atoms with Gasteiger partial charge >= 0.3 is 0 Å². The minimum atomic E-state index is -0.00291. The molecule has 3 fully saturated rings. The van der Waals surface area contributed by atoms with Gasteiger partial charge in [-0.1, -0.05) is 0 Å². The third kappa shape index (κ3) is 3.32. The number of piperidine rings is 1. The predicted octanol–water partition coefficient (Wildman–Crippen LogP) is 3.19.